The van der Waals surface area contributed by atoms with Crippen molar-refractivity contribution in [2.45, 2.75) is 46.0 Å². The molecule has 0 radical (unpaired) electrons. The topological polar surface area (TPSA) is 9.23 Å². The summed E-state index contributed by atoms with van der Waals surface area (Å²) in [5.74, 6) is 1.43. The molecule has 3 heteroatoms. The van der Waals surface area contributed by atoms with Crippen molar-refractivity contribution in [2.24, 2.45) is 5.92 Å². The molecule has 1 nitrogen and oxygen atoms in total. The lowest BCUT2D eigenvalue weighted by Crippen LogP contribution is -2.10. The van der Waals surface area contributed by atoms with Gasteiger partial charge in [0.05, 0.1) is 7.11 Å². The lowest BCUT2D eigenvalue weighted by molar-refractivity contribution is 0.348. The Balaban J connectivity index is 0.00000156. The van der Waals surface area contributed by atoms with Gasteiger partial charge in [-0.2, -0.15) is 0 Å². The molecule has 0 spiro atoms. The van der Waals surface area contributed by atoms with Crippen molar-refractivity contribution in [1.82, 2.24) is 0 Å². The van der Waals surface area contributed by atoms with Crippen LogP contribution in [0.3, 0.4) is 0 Å². The van der Waals surface area contributed by atoms with Crippen LogP contribution in [0.2, 0.25) is 5.02 Å². The number of benzene rings is 2. The first-order valence-electron chi connectivity index (χ1n) is 8.22. The Morgan fingerprint density at radius 3 is 2.25 bits per heavy atom. The van der Waals surface area contributed by atoms with E-state index < -0.39 is 5.82 Å². The number of hydrogen-bond donors (Lipinski definition) is 0. The van der Waals surface area contributed by atoms with Gasteiger partial charge >= 0.3 is 0 Å². The fraction of sp³-hybridized carbons (Fsp3) is 0.429. The standard InChI is InChI=1S/C20H22ClFO.CH4.H2/c1-13-3-5-14(6-4-13)15-7-9-16(10-8-15)17-11-12-18(23-2)19(21)20(17)22;;/h7-14H,3-6H2,1-2H3;1H4;1H. The molecule has 0 bridgehead atoms. The van der Waals surface area contributed by atoms with E-state index in [2.05, 4.69) is 19.1 Å². The number of rotatable bonds is 3. The second-order valence-electron chi connectivity index (χ2n) is 6.52. The van der Waals surface area contributed by atoms with Crippen molar-refractivity contribution in [3.63, 3.8) is 0 Å². The van der Waals surface area contributed by atoms with Crippen LogP contribution in [-0.2, 0) is 0 Å². The number of ether oxygens (including phenoxy) is 1. The Bertz CT molecular complexity index is 679. The van der Waals surface area contributed by atoms with Crippen molar-refractivity contribution in [3.05, 3.63) is 52.8 Å². The Hall–Kier alpha value is -1.54. The summed E-state index contributed by atoms with van der Waals surface area (Å²) in [5.41, 5.74) is 2.72. The van der Waals surface area contributed by atoms with Crippen LogP contribution in [0.15, 0.2) is 36.4 Å². The minimum absolute atomic E-state index is 0. The van der Waals surface area contributed by atoms with E-state index in [-0.39, 0.29) is 13.9 Å². The SMILES string of the molecule is C.COc1ccc(-c2ccc(C3CCC(C)CC3)cc2)c(F)c1Cl.[HH]. The molecule has 2 aromatic rings. The summed E-state index contributed by atoms with van der Waals surface area (Å²) in [4.78, 5) is 0. The highest BCUT2D eigenvalue weighted by atomic mass is 35.5. The van der Waals surface area contributed by atoms with E-state index in [0.29, 0.717) is 17.2 Å². The maximum absolute atomic E-state index is 14.4. The summed E-state index contributed by atoms with van der Waals surface area (Å²) in [6, 6.07) is 11.7. The molecular weight excluding hydrogens is 323 g/mol. The molecule has 1 aliphatic rings. The molecule has 0 unspecified atom stereocenters. The molecule has 0 heterocycles. The molecule has 3 rings (SSSR count). The van der Waals surface area contributed by atoms with Crippen LogP contribution in [0.5, 0.6) is 5.75 Å². The van der Waals surface area contributed by atoms with Gasteiger partial charge in [-0.3, -0.25) is 0 Å². The summed E-state index contributed by atoms with van der Waals surface area (Å²) >= 11 is 6.02. The van der Waals surface area contributed by atoms with Crippen LogP contribution in [0.1, 0.15) is 52.9 Å². The zero-order valence-corrected chi connectivity index (χ0v) is 14.4. The molecule has 0 aromatic heterocycles. The molecule has 0 N–H and O–H groups in total. The van der Waals surface area contributed by atoms with Gasteiger partial charge in [-0.05, 0) is 47.9 Å². The summed E-state index contributed by atoms with van der Waals surface area (Å²) in [6.07, 6.45) is 5.11. The Kier molecular flexibility index (Phi) is 6.28. The smallest absolute Gasteiger partial charge is 0.153 e. The van der Waals surface area contributed by atoms with Crippen molar-refractivity contribution in [1.29, 1.82) is 0 Å². The lowest BCUT2D eigenvalue weighted by atomic mass is 9.79. The van der Waals surface area contributed by atoms with Gasteiger partial charge in [0.15, 0.2) is 5.82 Å². The average molecular weight is 351 g/mol. The lowest BCUT2D eigenvalue weighted by Gasteiger charge is -2.26. The van der Waals surface area contributed by atoms with E-state index in [1.54, 1.807) is 12.1 Å². The van der Waals surface area contributed by atoms with Crippen LogP contribution in [0.4, 0.5) is 4.39 Å². The molecule has 0 saturated heterocycles. The van der Waals surface area contributed by atoms with E-state index >= 15 is 0 Å². The number of halogens is 2. The largest absolute Gasteiger partial charge is 0.495 e. The molecule has 1 aliphatic carbocycles. The minimum Gasteiger partial charge on any atom is -0.495 e. The average Bonchev–Trinajstić information content (AvgIpc) is 2.58. The van der Waals surface area contributed by atoms with E-state index in [0.717, 1.165) is 11.5 Å². The third-order valence-electron chi connectivity index (χ3n) is 4.98. The number of hydrogen-bond acceptors (Lipinski definition) is 1. The first-order valence-corrected chi connectivity index (χ1v) is 8.60. The molecule has 24 heavy (non-hydrogen) atoms. The normalized spacial score (nSPS) is 20.3. The van der Waals surface area contributed by atoms with E-state index in [4.69, 9.17) is 16.3 Å². The quantitative estimate of drug-likeness (QED) is 0.563. The van der Waals surface area contributed by atoms with Crippen molar-refractivity contribution >= 4 is 11.6 Å². The second-order valence-corrected chi connectivity index (χ2v) is 6.90. The van der Waals surface area contributed by atoms with Gasteiger partial charge in [0.1, 0.15) is 10.8 Å². The predicted octanol–water partition coefficient (Wildman–Crippen LogP) is 7.33. The predicted molar refractivity (Wildman–Crippen MR) is 103 cm³/mol. The van der Waals surface area contributed by atoms with Crippen molar-refractivity contribution in [3.8, 4) is 16.9 Å². The van der Waals surface area contributed by atoms with Gasteiger partial charge < -0.3 is 4.74 Å². The highest BCUT2D eigenvalue weighted by Gasteiger charge is 2.20. The second kappa shape index (κ2) is 8.02. The fourth-order valence-corrected chi connectivity index (χ4v) is 3.68. The number of methoxy groups -OCH3 is 1. The zero-order valence-electron chi connectivity index (χ0n) is 13.6. The van der Waals surface area contributed by atoms with Crippen molar-refractivity contribution in [2.75, 3.05) is 7.11 Å². The summed E-state index contributed by atoms with van der Waals surface area (Å²) in [5, 5.41) is 0.0374. The molecule has 0 atom stereocenters. The van der Waals surface area contributed by atoms with Gasteiger partial charge in [0.2, 0.25) is 0 Å². The first-order chi connectivity index (χ1) is 11.1. The Morgan fingerprint density at radius 2 is 1.67 bits per heavy atom. The highest BCUT2D eigenvalue weighted by molar-refractivity contribution is 6.32. The van der Waals surface area contributed by atoms with E-state index in [1.807, 2.05) is 12.1 Å². The van der Waals surface area contributed by atoms with E-state index in [9.17, 15) is 4.39 Å². The monoisotopic (exact) mass is 350 g/mol. The zero-order chi connectivity index (χ0) is 16.4. The fourth-order valence-electron chi connectivity index (χ4n) is 3.44. The molecule has 0 amide bonds. The molecule has 1 fully saturated rings. The van der Waals surface area contributed by atoms with Crippen molar-refractivity contribution < 1.29 is 10.6 Å². The highest BCUT2D eigenvalue weighted by Crippen LogP contribution is 2.38. The molecular formula is C21H28ClFO. The van der Waals surface area contributed by atoms with Crippen LogP contribution in [0, 0.1) is 11.7 Å². The van der Waals surface area contributed by atoms with Gasteiger partial charge in [-0.15, -0.1) is 0 Å². The summed E-state index contributed by atoms with van der Waals surface area (Å²) in [6.45, 7) is 2.33. The third-order valence-corrected chi connectivity index (χ3v) is 5.33. The summed E-state index contributed by atoms with van der Waals surface area (Å²) < 4.78 is 19.5. The molecule has 0 aliphatic heterocycles. The van der Waals surface area contributed by atoms with E-state index in [1.165, 1.54) is 38.4 Å². The van der Waals surface area contributed by atoms with Crippen LogP contribution in [-0.4, -0.2) is 7.11 Å². The minimum atomic E-state index is -0.426. The maximum atomic E-state index is 14.4. The van der Waals surface area contributed by atoms with Crippen LogP contribution >= 0.6 is 11.6 Å². The van der Waals surface area contributed by atoms with Gasteiger partial charge in [-0.25, -0.2) is 4.39 Å². The summed E-state index contributed by atoms with van der Waals surface area (Å²) in [7, 11) is 1.49. The van der Waals surface area contributed by atoms with Crippen LogP contribution in [0.25, 0.3) is 11.1 Å². The molecule has 2 aromatic carbocycles. The van der Waals surface area contributed by atoms with Gasteiger partial charge in [0.25, 0.3) is 0 Å². The molecule has 132 valence electrons. The first kappa shape index (κ1) is 18.8. The van der Waals surface area contributed by atoms with Gasteiger partial charge in [0, 0.05) is 6.99 Å². The third kappa shape index (κ3) is 3.75. The Labute approximate surface area is 151 Å². The van der Waals surface area contributed by atoms with Crippen LogP contribution < -0.4 is 4.74 Å². The molecule has 1 saturated carbocycles. The Morgan fingerprint density at radius 1 is 1.04 bits per heavy atom. The maximum Gasteiger partial charge on any atom is 0.153 e. The van der Waals surface area contributed by atoms with Gasteiger partial charge in [-0.1, -0.05) is 63.1 Å².